The fourth-order valence-electron chi connectivity index (χ4n) is 6.39. The predicted octanol–water partition coefficient (Wildman–Crippen LogP) is 0.973. The van der Waals surface area contributed by atoms with E-state index in [0.717, 1.165) is 121 Å². The summed E-state index contributed by atoms with van der Waals surface area (Å²) in [4.78, 5) is 17.5. The van der Waals surface area contributed by atoms with Gasteiger partial charge in [-0.25, -0.2) is 0 Å². The average Bonchev–Trinajstić information content (AvgIpc) is 2.90. The van der Waals surface area contributed by atoms with E-state index in [1.807, 2.05) is 11.9 Å². The third-order valence-electron chi connectivity index (χ3n) is 8.19. The highest BCUT2D eigenvalue weighted by atomic mass is 16.5. The number of nitrogens with one attached hydrogen (secondary N) is 4. The van der Waals surface area contributed by atoms with Gasteiger partial charge >= 0.3 is 5.97 Å². The Morgan fingerprint density at radius 1 is 1.07 bits per heavy atom. The zero-order valence-electron chi connectivity index (χ0n) is 24.4. The molecule has 4 unspecified atom stereocenters. The predicted molar refractivity (Wildman–Crippen MR) is 157 cm³/mol. The van der Waals surface area contributed by atoms with E-state index in [1.54, 1.807) is 6.34 Å². The second-order valence-corrected chi connectivity index (χ2v) is 11.6. The number of aliphatic hydroxyl groups excluding tert-OH is 1. The van der Waals surface area contributed by atoms with Gasteiger partial charge in [-0.15, -0.1) is 0 Å². The molecule has 9 N–H and O–H groups in total. The molecule has 1 aliphatic carbocycles. The van der Waals surface area contributed by atoms with Crippen molar-refractivity contribution in [1.82, 2.24) is 31.2 Å². The normalized spacial score (nSPS) is 26.6. The van der Waals surface area contributed by atoms with Gasteiger partial charge in [0.15, 0.2) is 6.17 Å². The lowest BCUT2D eigenvalue weighted by atomic mass is 9.71. The van der Waals surface area contributed by atoms with Crippen LogP contribution in [-0.2, 0) is 4.79 Å². The Morgan fingerprint density at radius 2 is 1.77 bits per heavy atom. The summed E-state index contributed by atoms with van der Waals surface area (Å²) in [5.41, 5.74) is 7.04. The molecule has 12 heteroatoms. The number of aliphatic hydroxyl groups is 1. The smallest absolute Gasteiger partial charge is 0.303 e. The molecule has 40 heavy (non-hydrogen) atoms. The van der Waals surface area contributed by atoms with Crippen molar-refractivity contribution >= 4 is 12.3 Å². The number of hydroxylamine groups is 2. The van der Waals surface area contributed by atoms with Crippen molar-refractivity contribution in [3.63, 3.8) is 0 Å². The number of unbranched alkanes of at least 4 members (excludes halogenated alkanes) is 4. The summed E-state index contributed by atoms with van der Waals surface area (Å²) in [7, 11) is 1.98. The van der Waals surface area contributed by atoms with Crippen LogP contribution in [0.2, 0.25) is 0 Å². The fourth-order valence-corrected chi connectivity index (χ4v) is 6.39. The number of nitrogens with zero attached hydrogens (tertiary/aromatic N) is 3. The minimum absolute atomic E-state index is 0.104. The monoisotopic (exact) mass is 566 g/mol. The molecule has 4 atom stereocenters. The summed E-state index contributed by atoms with van der Waals surface area (Å²) in [6, 6.07) is 0. The molecule has 12 nitrogen and oxygen atoms in total. The summed E-state index contributed by atoms with van der Waals surface area (Å²) < 4.78 is 0. The molecular weight excluding hydrogens is 512 g/mol. The zero-order chi connectivity index (χ0) is 28.8. The van der Waals surface area contributed by atoms with Crippen molar-refractivity contribution in [3.8, 4) is 0 Å². The third kappa shape index (κ3) is 9.64. The maximum atomic E-state index is 10.8. The fraction of sp³-hybridized carbons (Fsp3) is 0.857. The number of carbonyl (C=O) groups is 1. The summed E-state index contributed by atoms with van der Waals surface area (Å²) in [5, 5.41) is 45.6. The summed E-state index contributed by atoms with van der Waals surface area (Å²) in [5.74, 6) is -0.373. The first-order valence-corrected chi connectivity index (χ1v) is 15.4. The maximum absolute atomic E-state index is 10.8. The molecule has 1 spiro atoms. The van der Waals surface area contributed by atoms with Crippen LogP contribution < -0.4 is 27.0 Å². The van der Waals surface area contributed by atoms with E-state index in [9.17, 15) is 15.1 Å². The number of allylic oxidation sites excluding steroid dienone is 1. The van der Waals surface area contributed by atoms with Crippen LogP contribution in [0.3, 0.4) is 0 Å². The minimum atomic E-state index is -0.853. The number of carboxylic acids is 1. The molecule has 1 fully saturated rings. The average molecular weight is 567 g/mol. The van der Waals surface area contributed by atoms with Crippen LogP contribution in [0.15, 0.2) is 16.4 Å². The van der Waals surface area contributed by atoms with Crippen LogP contribution in [0.4, 0.5) is 0 Å². The van der Waals surface area contributed by atoms with E-state index in [2.05, 4.69) is 26.3 Å². The highest BCUT2D eigenvalue weighted by Gasteiger charge is 2.56. The lowest BCUT2D eigenvalue weighted by molar-refractivity contribution is -0.201. The topological polar surface area (TPSA) is 171 Å². The van der Waals surface area contributed by atoms with E-state index in [0.29, 0.717) is 5.92 Å². The number of aliphatic imine (C=N–C) groups is 1. The highest BCUT2D eigenvalue weighted by Crippen LogP contribution is 2.45. The Hall–Kier alpha value is -1.80. The minimum Gasteiger partial charge on any atom is -0.481 e. The second-order valence-electron chi connectivity index (χ2n) is 11.6. The Morgan fingerprint density at radius 3 is 2.50 bits per heavy atom. The van der Waals surface area contributed by atoms with Crippen molar-refractivity contribution in [3.05, 3.63) is 11.4 Å². The number of hydrogen-bond donors (Lipinski definition) is 8. The Labute approximate surface area is 239 Å². The first kappa shape index (κ1) is 32.7. The number of likely N-dealkylation sites (N-methyl/N-ethyl adjacent to an activating group) is 1. The molecule has 3 rings (SSSR count). The molecule has 0 amide bonds. The number of carboxylic acid groups (broad SMARTS) is 1. The Kier molecular flexibility index (Phi) is 14.1. The molecule has 0 aromatic heterocycles. The summed E-state index contributed by atoms with van der Waals surface area (Å²) >= 11 is 0. The second kappa shape index (κ2) is 17.2. The molecule has 0 aromatic carbocycles. The van der Waals surface area contributed by atoms with Crippen LogP contribution in [-0.4, -0.2) is 108 Å². The van der Waals surface area contributed by atoms with E-state index >= 15 is 0 Å². The molecule has 0 radical (unpaired) electrons. The summed E-state index contributed by atoms with van der Waals surface area (Å²) in [6.45, 7) is 5.67. The van der Waals surface area contributed by atoms with E-state index in [4.69, 9.17) is 10.8 Å². The van der Waals surface area contributed by atoms with E-state index < -0.39 is 23.9 Å². The molecule has 0 bridgehead atoms. The molecule has 2 aliphatic heterocycles. The number of aliphatic carboxylic acids is 1. The van der Waals surface area contributed by atoms with Crippen LogP contribution in [0.25, 0.3) is 0 Å². The van der Waals surface area contributed by atoms with Gasteiger partial charge in [0.1, 0.15) is 11.8 Å². The zero-order valence-corrected chi connectivity index (χ0v) is 24.4. The van der Waals surface area contributed by atoms with Crippen LogP contribution in [0.1, 0.15) is 77.0 Å². The van der Waals surface area contributed by atoms with Gasteiger partial charge in [-0.05, 0) is 90.0 Å². The van der Waals surface area contributed by atoms with Crippen molar-refractivity contribution in [1.29, 1.82) is 0 Å². The van der Waals surface area contributed by atoms with Gasteiger partial charge in [0, 0.05) is 25.7 Å². The first-order chi connectivity index (χ1) is 19.4. The van der Waals surface area contributed by atoms with E-state index in [1.165, 1.54) is 5.06 Å². The van der Waals surface area contributed by atoms with Gasteiger partial charge in [-0.2, -0.15) is 5.06 Å². The Balaban J connectivity index is 1.54. The van der Waals surface area contributed by atoms with Gasteiger partial charge < -0.3 is 42.0 Å². The molecule has 0 saturated carbocycles. The van der Waals surface area contributed by atoms with Gasteiger partial charge in [-0.1, -0.05) is 19.3 Å². The quantitative estimate of drug-likeness (QED) is 0.0988. The van der Waals surface area contributed by atoms with Crippen molar-refractivity contribution in [2.45, 2.75) is 95.0 Å². The van der Waals surface area contributed by atoms with Crippen molar-refractivity contribution in [2.75, 3.05) is 52.9 Å². The number of nitrogens with two attached hydrogens (primary N) is 1. The van der Waals surface area contributed by atoms with Crippen LogP contribution >= 0.6 is 0 Å². The van der Waals surface area contributed by atoms with Gasteiger partial charge in [-0.3, -0.25) is 15.1 Å². The lowest BCUT2D eigenvalue weighted by Crippen LogP contribution is -2.74. The first-order valence-electron chi connectivity index (χ1n) is 15.4. The molecule has 0 aromatic rings. The maximum Gasteiger partial charge on any atom is 0.303 e. The molecule has 230 valence electrons. The number of rotatable bonds is 20. The number of hydrogen-bond acceptors (Lipinski definition) is 11. The number of β-amino-alcohol motifs (C(OH)–C–C–N with tert-alkyl or cyclic N) is 1. The lowest BCUT2D eigenvalue weighted by Gasteiger charge is -2.56. The van der Waals surface area contributed by atoms with Crippen molar-refractivity contribution < 1.29 is 20.2 Å². The van der Waals surface area contributed by atoms with Crippen molar-refractivity contribution in [2.24, 2.45) is 16.6 Å². The standard InChI is InChI=1S/C28H54N8O4/c1-35-21-33-27-28(34-24(37)20-36(27)40)19-22(10-4-2-3-5-11-25(38)39)18-23(26(28)35)32-17-9-16-31-14-7-6-13-30-15-8-12-29/h21-22,24,27,30-32,34,37,40H,2-20,29H2,1H3,(H,38,39). The van der Waals surface area contributed by atoms with Crippen LogP contribution in [0.5, 0.6) is 0 Å². The number of piperazine rings is 1. The largest absolute Gasteiger partial charge is 0.481 e. The van der Waals surface area contributed by atoms with E-state index in [-0.39, 0.29) is 13.0 Å². The van der Waals surface area contributed by atoms with Gasteiger partial charge in [0.2, 0.25) is 0 Å². The SMILES string of the molecule is CN1C=NC2N(O)CC(O)NC23CC(CCCCCCC(=O)O)CC(NCCCNCCCCNCCCN)=C13. The molecular formula is C28H54N8O4. The molecule has 1 saturated heterocycles. The molecule has 3 aliphatic rings. The van der Waals surface area contributed by atoms with Crippen LogP contribution in [0, 0.1) is 5.92 Å². The van der Waals surface area contributed by atoms with Gasteiger partial charge in [0.25, 0.3) is 0 Å². The third-order valence-corrected chi connectivity index (χ3v) is 8.19. The Bertz CT molecular complexity index is 828. The summed E-state index contributed by atoms with van der Waals surface area (Å²) in [6.07, 6.45) is 11.4. The highest BCUT2D eigenvalue weighted by molar-refractivity contribution is 5.66. The molecule has 2 heterocycles. The van der Waals surface area contributed by atoms with Gasteiger partial charge in [0.05, 0.1) is 18.6 Å².